The van der Waals surface area contributed by atoms with Gasteiger partial charge in [0.25, 0.3) is 0 Å². The van der Waals surface area contributed by atoms with Gasteiger partial charge in [-0.1, -0.05) is 32.9 Å². The topological polar surface area (TPSA) is 72.7 Å². The summed E-state index contributed by atoms with van der Waals surface area (Å²) in [6.07, 6.45) is 4.62. The Morgan fingerprint density at radius 1 is 1.19 bits per heavy atom. The molecule has 3 rings (SSSR count). The number of aromatic nitrogens is 4. The van der Waals surface area contributed by atoms with E-state index in [1.165, 1.54) is 28.3 Å². The van der Waals surface area contributed by atoms with Crippen molar-refractivity contribution in [3.8, 4) is 5.82 Å². The van der Waals surface area contributed by atoms with Gasteiger partial charge in [-0.25, -0.2) is 14.6 Å². The maximum absolute atomic E-state index is 12.3. The Labute approximate surface area is 157 Å². The van der Waals surface area contributed by atoms with E-state index in [0.29, 0.717) is 17.3 Å². The van der Waals surface area contributed by atoms with Crippen molar-refractivity contribution in [2.24, 2.45) is 0 Å². The predicted octanol–water partition coefficient (Wildman–Crippen LogP) is 3.69. The molecular weight excluding hydrogens is 346 g/mol. The molecule has 6 nitrogen and oxygen atoms in total. The normalized spacial score (nSPS) is 11.3. The van der Waals surface area contributed by atoms with Crippen molar-refractivity contribution in [2.75, 3.05) is 11.1 Å². The summed E-state index contributed by atoms with van der Waals surface area (Å²) in [5, 5.41) is 6.96. The Morgan fingerprint density at radius 3 is 2.62 bits per heavy atom. The van der Waals surface area contributed by atoms with Crippen molar-refractivity contribution in [3.05, 3.63) is 60.8 Å². The summed E-state index contributed by atoms with van der Waals surface area (Å²) in [6.45, 7) is 6.55. The number of thioether (sulfide) groups is 1. The smallest absolute Gasteiger partial charge is 0.234 e. The van der Waals surface area contributed by atoms with Crippen LogP contribution in [0.4, 0.5) is 5.69 Å². The molecule has 0 saturated heterocycles. The monoisotopic (exact) mass is 367 g/mol. The molecular formula is C19H21N5OS. The van der Waals surface area contributed by atoms with Gasteiger partial charge in [0.15, 0.2) is 5.82 Å². The van der Waals surface area contributed by atoms with Crippen LogP contribution in [0.2, 0.25) is 0 Å². The van der Waals surface area contributed by atoms with Gasteiger partial charge in [-0.05, 0) is 35.2 Å². The largest absolute Gasteiger partial charge is 0.322 e. The Morgan fingerprint density at radius 2 is 1.96 bits per heavy atom. The van der Waals surface area contributed by atoms with Gasteiger partial charge in [0.1, 0.15) is 12.7 Å². The molecule has 2 heterocycles. The molecule has 0 radical (unpaired) electrons. The minimum absolute atomic E-state index is 0.0933. The van der Waals surface area contributed by atoms with Crippen LogP contribution in [0.5, 0.6) is 0 Å². The van der Waals surface area contributed by atoms with Crippen molar-refractivity contribution in [3.63, 3.8) is 0 Å². The van der Waals surface area contributed by atoms with E-state index in [4.69, 9.17) is 0 Å². The molecule has 3 aromatic rings. The standard InChI is InChI=1S/C19H21N5OS/c1-19(2,3)14-6-8-15(9-7-14)26-11-17(25)23-16-5-4-10-21-18(16)24-13-20-12-22-24/h4-10,12-13H,11H2,1-3H3,(H,23,25). The second-order valence-electron chi connectivity index (χ2n) is 6.83. The highest BCUT2D eigenvalue weighted by Crippen LogP contribution is 2.26. The predicted molar refractivity (Wildman–Crippen MR) is 104 cm³/mol. The van der Waals surface area contributed by atoms with Crippen LogP contribution in [-0.2, 0) is 10.2 Å². The molecule has 0 aliphatic heterocycles. The van der Waals surface area contributed by atoms with Crippen LogP contribution in [0.25, 0.3) is 5.82 Å². The number of hydrogen-bond donors (Lipinski definition) is 1. The zero-order valence-corrected chi connectivity index (χ0v) is 15.8. The van der Waals surface area contributed by atoms with Crippen LogP contribution < -0.4 is 5.32 Å². The minimum atomic E-state index is -0.0933. The lowest BCUT2D eigenvalue weighted by Gasteiger charge is -2.19. The first kappa shape index (κ1) is 18.1. The Bertz CT molecular complexity index is 870. The molecule has 2 aromatic heterocycles. The molecule has 1 aromatic carbocycles. The second-order valence-corrected chi connectivity index (χ2v) is 7.87. The summed E-state index contributed by atoms with van der Waals surface area (Å²) >= 11 is 1.50. The Kier molecular flexibility index (Phi) is 5.37. The number of hydrogen-bond acceptors (Lipinski definition) is 5. The summed E-state index contributed by atoms with van der Waals surface area (Å²) < 4.78 is 1.52. The number of carbonyl (C=O) groups is 1. The van der Waals surface area contributed by atoms with E-state index in [1.54, 1.807) is 24.7 Å². The highest BCUT2D eigenvalue weighted by atomic mass is 32.2. The van der Waals surface area contributed by atoms with Gasteiger partial charge in [-0.15, -0.1) is 11.8 Å². The number of nitrogens with zero attached hydrogens (tertiary/aromatic N) is 4. The van der Waals surface area contributed by atoms with E-state index in [0.717, 1.165) is 4.90 Å². The Balaban J connectivity index is 1.62. The highest BCUT2D eigenvalue weighted by molar-refractivity contribution is 8.00. The lowest BCUT2D eigenvalue weighted by molar-refractivity contribution is -0.113. The van der Waals surface area contributed by atoms with Crippen molar-refractivity contribution < 1.29 is 4.79 Å². The number of amides is 1. The second kappa shape index (κ2) is 7.70. The summed E-state index contributed by atoms with van der Waals surface area (Å²) in [6, 6.07) is 11.9. The molecule has 1 amide bonds. The maximum Gasteiger partial charge on any atom is 0.234 e. The summed E-state index contributed by atoms with van der Waals surface area (Å²) in [4.78, 5) is 21.6. The number of carbonyl (C=O) groups excluding carboxylic acids is 1. The molecule has 0 atom stereocenters. The number of nitrogens with one attached hydrogen (secondary N) is 1. The van der Waals surface area contributed by atoms with Gasteiger partial charge in [0.05, 0.1) is 11.4 Å². The van der Waals surface area contributed by atoms with E-state index in [-0.39, 0.29) is 11.3 Å². The van der Waals surface area contributed by atoms with Crippen molar-refractivity contribution in [1.82, 2.24) is 19.7 Å². The van der Waals surface area contributed by atoms with Gasteiger partial charge in [-0.2, -0.15) is 5.10 Å². The number of pyridine rings is 1. The molecule has 0 aliphatic carbocycles. The number of anilines is 1. The van der Waals surface area contributed by atoms with E-state index in [2.05, 4.69) is 65.4 Å². The molecule has 0 unspecified atom stereocenters. The molecule has 26 heavy (non-hydrogen) atoms. The fraction of sp³-hybridized carbons (Fsp3) is 0.263. The van der Waals surface area contributed by atoms with Crippen LogP contribution in [0.3, 0.4) is 0 Å². The summed E-state index contributed by atoms with van der Waals surface area (Å²) in [5.41, 5.74) is 2.00. The molecule has 134 valence electrons. The average molecular weight is 367 g/mol. The van der Waals surface area contributed by atoms with E-state index < -0.39 is 0 Å². The quantitative estimate of drug-likeness (QED) is 0.696. The highest BCUT2D eigenvalue weighted by Gasteiger charge is 2.14. The average Bonchev–Trinajstić information content (AvgIpc) is 3.14. The fourth-order valence-corrected chi connectivity index (χ4v) is 3.08. The number of rotatable bonds is 5. The number of benzene rings is 1. The molecule has 1 N–H and O–H groups in total. The molecule has 0 fully saturated rings. The molecule has 0 spiro atoms. The molecule has 7 heteroatoms. The van der Waals surface area contributed by atoms with Crippen molar-refractivity contribution in [1.29, 1.82) is 0 Å². The SMILES string of the molecule is CC(C)(C)c1ccc(SCC(=O)Nc2cccnc2-n2cncn2)cc1. The van der Waals surface area contributed by atoms with Crippen molar-refractivity contribution in [2.45, 2.75) is 31.1 Å². The first-order chi connectivity index (χ1) is 12.4. The van der Waals surface area contributed by atoms with Crippen LogP contribution in [0, 0.1) is 0 Å². The van der Waals surface area contributed by atoms with Gasteiger partial charge < -0.3 is 5.32 Å². The third kappa shape index (κ3) is 4.49. The van der Waals surface area contributed by atoms with Crippen molar-refractivity contribution >= 4 is 23.4 Å². The lowest BCUT2D eigenvalue weighted by atomic mass is 9.87. The maximum atomic E-state index is 12.3. The minimum Gasteiger partial charge on any atom is -0.322 e. The fourth-order valence-electron chi connectivity index (χ4n) is 2.38. The molecule has 0 saturated carbocycles. The first-order valence-corrected chi connectivity index (χ1v) is 9.25. The summed E-state index contributed by atoms with van der Waals surface area (Å²) in [5.74, 6) is 0.766. The molecule has 0 bridgehead atoms. The Hall–Kier alpha value is -2.67. The third-order valence-electron chi connectivity index (χ3n) is 3.79. The van der Waals surface area contributed by atoms with Gasteiger partial charge in [0.2, 0.25) is 5.91 Å². The molecule has 0 aliphatic rings. The lowest BCUT2D eigenvalue weighted by Crippen LogP contribution is -2.16. The van der Waals surface area contributed by atoms with Crippen LogP contribution in [0.1, 0.15) is 26.3 Å². The van der Waals surface area contributed by atoms with Gasteiger partial charge >= 0.3 is 0 Å². The van der Waals surface area contributed by atoms with E-state index >= 15 is 0 Å². The van der Waals surface area contributed by atoms with Crippen LogP contribution in [-0.4, -0.2) is 31.4 Å². The zero-order valence-electron chi connectivity index (χ0n) is 15.0. The zero-order chi connectivity index (χ0) is 18.6. The first-order valence-electron chi connectivity index (χ1n) is 8.27. The summed E-state index contributed by atoms with van der Waals surface area (Å²) in [7, 11) is 0. The van der Waals surface area contributed by atoms with Crippen LogP contribution >= 0.6 is 11.8 Å². The van der Waals surface area contributed by atoms with Gasteiger partial charge in [0, 0.05) is 11.1 Å². The third-order valence-corrected chi connectivity index (χ3v) is 4.80. The van der Waals surface area contributed by atoms with Gasteiger partial charge in [-0.3, -0.25) is 4.79 Å². The van der Waals surface area contributed by atoms with E-state index in [1.807, 2.05) is 0 Å². The van der Waals surface area contributed by atoms with E-state index in [9.17, 15) is 4.79 Å². The van der Waals surface area contributed by atoms with Crippen LogP contribution in [0.15, 0.2) is 60.1 Å².